The fraction of sp³-hybridized carbons (Fsp3) is 0.375. The Morgan fingerprint density at radius 3 is 2.70 bits per heavy atom. The molecule has 0 unspecified atom stereocenters. The molecular weight excluding hydrogens is 506 g/mol. The summed E-state index contributed by atoms with van der Waals surface area (Å²) in [6.07, 6.45) is -10.1. The first kappa shape index (κ1) is 25.1. The maximum Gasteiger partial charge on any atom is 0.416 e. The number of hydrogen-bond donors (Lipinski definition) is 1. The Labute approximate surface area is 206 Å². The fourth-order valence-corrected chi connectivity index (χ4v) is 4.42. The number of pyridine rings is 1. The Morgan fingerprint density at radius 2 is 1.95 bits per heavy atom. The molecule has 1 aromatic carbocycles. The molecule has 1 amide bonds. The average molecular weight is 526 g/mol. The van der Waals surface area contributed by atoms with Crippen LogP contribution in [-0.4, -0.2) is 46.1 Å². The van der Waals surface area contributed by atoms with Gasteiger partial charge in [-0.15, -0.1) is 0 Å². The van der Waals surface area contributed by atoms with Crippen LogP contribution in [0.15, 0.2) is 36.4 Å². The van der Waals surface area contributed by atoms with Crippen LogP contribution in [0.3, 0.4) is 0 Å². The summed E-state index contributed by atoms with van der Waals surface area (Å²) in [4.78, 5) is 17.4. The van der Waals surface area contributed by atoms with E-state index in [4.69, 9.17) is 9.47 Å². The van der Waals surface area contributed by atoms with E-state index >= 15 is 0 Å². The van der Waals surface area contributed by atoms with Crippen molar-refractivity contribution in [1.82, 2.24) is 20.1 Å². The number of carbonyl (C=O) groups is 1. The lowest BCUT2D eigenvalue weighted by molar-refractivity contribution is -0.137. The zero-order chi connectivity index (χ0) is 26.4. The molecule has 0 saturated heterocycles. The molecule has 3 aromatic rings. The zero-order valence-corrected chi connectivity index (χ0v) is 19.1. The van der Waals surface area contributed by atoms with E-state index in [2.05, 4.69) is 15.4 Å². The van der Waals surface area contributed by atoms with Crippen molar-refractivity contribution in [2.24, 2.45) is 0 Å². The van der Waals surface area contributed by atoms with Crippen molar-refractivity contribution in [3.05, 3.63) is 64.6 Å². The number of fused-ring (bicyclic) bond motifs is 2. The van der Waals surface area contributed by atoms with Crippen LogP contribution in [0.4, 0.5) is 26.3 Å². The number of halogens is 6. The van der Waals surface area contributed by atoms with Crippen molar-refractivity contribution in [3.63, 3.8) is 0 Å². The summed E-state index contributed by atoms with van der Waals surface area (Å²) in [7, 11) is 0. The zero-order valence-electron chi connectivity index (χ0n) is 19.1. The summed E-state index contributed by atoms with van der Waals surface area (Å²) in [5.41, 5.74) is 0.0729. The highest BCUT2D eigenvalue weighted by Crippen LogP contribution is 2.35. The lowest BCUT2D eigenvalue weighted by Gasteiger charge is -2.26. The monoisotopic (exact) mass is 526 g/mol. The van der Waals surface area contributed by atoms with Crippen molar-refractivity contribution in [1.29, 1.82) is 0 Å². The predicted octanol–water partition coefficient (Wildman–Crippen LogP) is 4.33. The van der Waals surface area contributed by atoms with Crippen LogP contribution < -0.4 is 10.1 Å². The van der Waals surface area contributed by atoms with E-state index in [1.165, 1.54) is 24.3 Å². The van der Waals surface area contributed by atoms with E-state index in [1.807, 2.05) is 0 Å². The third-order valence-electron chi connectivity index (χ3n) is 6.03. The third kappa shape index (κ3) is 5.41. The smallest absolute Gasteiger partial charge is 0.416 e. The van der Waals surface area contributed by atoms with E-state index in [1.54, 1.807) is 4.68 Å². The molecule has 7 nitrogen and oxygen atoms in total. The number of nitrogens with one attached hydrogen (secondary N) is 1. The fourth-order valence-electron chi connectivity index (χ4n) is 4.42. The first-order valence-corrected chi connectivity index (χ1v) is 11.3. The molecule has 0 aliphatic carbocycles. The minimum atomic E-state index is -4.52. The van der Waals surface area contributed by atoms with E-state index < -0.39 is 36.3 Å². The molecule has 1 atom stereocenters. The third-order valence-corrected chi connectivity index (χ3v) is 6.03. The molecule has 2 aromatic heterocycles. The number of ether oxygens (including phenoxy) is 2. The summed E-state index contributed by atoms with van der Waals surface area (Å²) in [6, 6.07) is 6.66. The van der Waals surface area contributed by atoms with E-state index in [-0.39, 0.29) is 42.3 Å². The number of carbonyl (C=O) groups excluding carboxylic acids is 1. The van der Waals surface area contributed by atoms with Crippen molar-refractivity contribution in [2.75, 3.05) is 13.2 Å². The van der Waals surface area contributed by atoms with Crippen LogP contribution >= 0.6 is 0 Å². The molecule has 1 N–H and O–H groups in total. The lowest BCUT2D eigenvalue weighted by Crippen LogP contribution is -2.43. The van der Waals surface area contributed by atoms with Gasteiger partial charge in [0.15, 0.2) is 5.69 Å². The number of alkyl halides is 6. The van der Waals surface area contributed by atoms with Crippen LogP contribution in [0, 0.1) is 0 Å². The predicted molar refractivity (Wildman–Crippen MR) is 117 cm³/mol. The van der Waals surface area contributed by atoms with Gasteiger partial charge in [0.1, 0.15) is 12.4 Å². The van der Waals surface area contributed by atoms with Gasteiger partial charge in [0.05, 0.1) is 60.4 Å². The van der Waals surface area contributed by atoms with Gasteiger partial charge in [-0.2, -0.15) is 31.4 Å². The Bertz CT molecular complexity index is 1330. The first-order chi connectivity index (χ1) is 17.5. The molecule has 0 saturated carbocycles. The minimum absolute atomic E-state index is 0.0232. The van der Waals surface area contributed by atoms with Gasteiger partial charge < -0.3 is 14.8 Å². The summed E-state index contributed by atoms with van der Waals surface area (Å²) in [6.45, 7) is 0.778. The second kappa shape index (κ2) is 9.36. The van der Waals surface area contributed by atoms with Crippen molar-refractivity contribution in [3.8, 4) is 17.0 Å². The molecule has 5 rings (SSSR count). The van der Waals surface area contributed by atoms with Crippen molar-refractivity contribution in [2.45, 2.75) is 44.4 Å². The van der Waals surface area contributed by atoms with Crippen LogP contribution in [0.2, 0.25) is 0 Å². The highest BCUT2D eigenvalue weighted by atomic mass is 19.4. The Hall–Kier alpha value is -3.61. The molecule has 2 aliphatic heterocycles. The second-order valence-electron chi connectivity index (χ2n) is 8.76. The highest BCUT2D eigenvalue weighted by molar-refractivity contribution is 5.99. The topological polar surface area (TPSA) is 78.3 Å². The minimum Gasteiger partial charge on any atom is -0.491 e. The van der Waals surface area contributed by atoms with Crippen LogP contribution in [0.25, 0.3) is 11.3 Å². The molecular formula is C24H20F6N4O3. The van der Waals surface area contributed by atoms with Gasteiger partial charge in [-0.3, -0.25) is 14.5 Å². The number of nitrogens with zero attached hydrogens (tertiary/aromatic N) is 3. The summed E-state index contributed by atoms with van der Waals surface area (Å²) in [5.74, 6) is -0.344. The lowest BCUT2D eigenvalue weighted by atomic mass is 9.99. The van der Waals surface area contributed by atoms with Crippen LogP contribution in [0.5, 0.6) is 5.75 Å². The largest absolute Gasteiger partial charge is 0.491 e. The summed E-state index contributed by atoms with van der Waals surface area (Å²) >= 11 is 0. The van der Waals surface area contributed by atoms with E-state index in [0.717, 1.165) is 12.1 Å². The van der Waals surface area contributed by atoms with Gasteiger partial charge in [-0.25, -0.2) is 0 Å². The molecule has 37 heavy (non-hydrogen) atoms. The highest BCUT2D eigenvalue weighted by Gasteiger charge is 2.34. The Kier molecular flexibility index (Phi) is 6.34. The Balaban J connectivity index is 1.43. The molecule has 196 valence electrons. The molecule has 0 bridgehead atoms. The van der Waals surface area contributed by atoms with Gasteiger partial charge in [0.2, 0.25) is 0 Å². The number of aromatic nitrogens is 3. The van der Waals surface area contributed by atoms with Gasteiger partial charge in [-0.05, 0) is 42.3 Å². The SMILES string of the molecule is O=C(N[C@H]1COc2ccc(C(F)(F)F)cc2C1)c1nn2c(c1-c1cccc(CC(F)(F)F)n1)COCC2. The number of benzene rings is 1. The second-order valence-corrected chi connectivity index (χ2v) is 8.76. The maximum atomic E-state index is 13.3. The quantitative estimate of drug-likeness (QED) is 0.512. The number of amides is 1. The molecule has 0 fully saturated rings. The average Bonchev–Trinajstić information content (AvgIpc) is 3.22. The number of rotatable bonds is 4. The standard InChI is InChI=1S/C24H20F6N4O3/c25-23(26,27)10-15-2-1-3-17(31-15)20-18-12-36-7-6-34(18)33-21(20)22(35)32-16-9-13-8-14(24(28,29)30)4-5-19(13)37-11-16/h1-5,8,16H,6-7,9-12H2,(H,32,35)/t16-/m1/s1. The molecule has 0 spiro atoms. The maximum absolute atomic E-state index is 13.3. The molecule has 2 aliphatic rings. The van der Waals surface area contributed by atoms with Gasteiger partial charge >= 0.3 is 12.4 Å². The van der Waals surface area contributed by atoms with Crippen molar-refractivity contribution < 1.29 is 40.6 Å². The van der Waals surface area contributed by atoms with Gasteiger partial charge in [-0.1, -0.05) is 6.07 Å². The normalized spacial score (nSPS) is 17.5. The summed E-state index contributed by atoms with van der Waals surface area (Å²) in [5, 5.41) is 7.10. The number of hydrogen-bond acceptors (Lipinski definition) is 5. The van der Waals surface area contributed by atoms with Crippen LogP contribution in [-0.2, 0) is 36.9 Å². The first-order valence-electron chi connectivity index (χ1n) is 11.3. The molecule has 0 radical (unpaired) electrons. The van der Waals surface area contributed by atoms with E-state index in [9.17, 15) is 31.1 Å². The van der Waals surface area contributed by atoms with Crippen molar-refractivity contribution >= 4 is 5.91 Å². The van der Waals surface area contributed by atoms with Gasteiger partial charge in [0, 0.05) is 0 Å². The summed E-state index contributed by atoms with van der Waals surface area (Å²) < 4.78 is 90.8. The molecule has 4 heterocycles. The Morgan fingerprint density at radius 1 is 1.14 bits per heavy atom. The van der Waals surface area contributed by atoms with Crippen LogP contribution in [0.1, 0.15) is 33.0 Å². The van der Waals surface area contributed by atoms with Gasteiger partial charge in [0.25, 0.3) is 5.91 Å². The molecule has 13 heteroatoms. The van der Waals surface area contributed by atoms with E-state index in [0.29, 0.717) is 30.2 Å².